The molecule has 4 heterocycles. The van der Waals surface area contributed by atoms with Crippen LogP contribution in [0.25, 0.3) is 11.1 Å². The second kappa shape index (κ2) is 10.4. The quantitative estimate of drug-likeness (QED) is 0.445. The fourth-order valence-corrected chi connectivity index (χ4v) is 4.04. The van der Waals surface area contributed by atoms with Crippen LogP contribution in [-0.4, -0.2) is 68.4 Å². The van der Waals surface area contributed by atoms with Gasteiger partial charge in [0.25, 0.3) is 5.91 Å². The Bertz CT molecular complexity index is 1360. The molecule has 0 aromatic carbocycles. The summed E-state index contributed by atoms with van der Waals surface area (Å²) >= 11 is 0. The molecule has 1 amide bonds. The van der Waals surface area contributed by atoms with Gasteiger partial charge in [0.15, 0.2) is 0 Å². The Morgan fingerprint density at radius 1 is 1.26 bits per heavy atom. The molecule has 38 heavy (non-hydrogen) atoms. The summed E-state index contributed by atoms with van der Waals surface area (Å²) in [6.45, 7) is 4.22. The van der Waals surface area contributed by atoms with Crippen LogP contribution in [0.1, 0.15) is 47.1 Å². The second-order valence-corrected chi connectivity index (χ2v) is 9.17. The summed E-state index contributed by atoms with van der Waals surface area (Å²) in [7, 11) is 0. The number of fused-ring (bicyclic) bond motifs is 2. The van der Waals surface area contributed by atoms with Gasteiger partial charge in [0, 0.05) is 23.8 Å². The van der Waals surface area contributed by atoms with Crippen molar-refractivity contribution in [3.8, 4) is 5.75 Å². The van der Waals surface area contributed by atoms with Gasteiger partial charge in [0.05, 0.1) is 23.2 Å². The Kier molecular flexibility index (Phi) is 7.42. The highest BCUT2D eigenvalue weighted by Crippen LogP contribution is 2.40. The number of nitrogens with zero attached hydrogens (tertiary/aromatic N) is 4. The predicted molar refractivity (Wildman–Crippen MR) is 126 cm³/mol. The van der Waals surface area contributed by atoms with E-state index in [1.807, 2.05) is 0 Å². The van der Waals surface area contributed by atoms with Crippen molar-refractivity contribution in [3.05, 3.63) is 41.2 Å². The summed E-state index contributed by atoms with van der Waals surface area (Å²) in [6.07, 6.45) is 0.698. The van der Waals surface area contributed by atoms with Crippen LogP contribution >= 0.6 is 0 Å². The molecular weight excluding hydrogens is 514 g/mol. The number of ether oxygens (including phenoxy) is 1. The second-order valence-electron chi connectivity index (χ2n) is 9.17. The van der Waals surface area contributed by atoms with E-state index < -0.39 is 18.8 Å². The monoisotopic (exact) mass is 539 g/mol. The molecule has 1 aliphatic heterocycles. The van der Waals surface area contributed by atoms with Crippen molar-refractivity contribution >= 4 is 28.8 Å². The minimum absolute atomic E-state index is 0.00320. The summed E-state index contributed by atoms with van der Waals surface area (Å²) in [4.78, 5) is 37.3. The molecule has 2 N–H and O–H groups in total. The normalized spacial score (nSPS) is 15.8. The smallest absolute Gasteiger partial charge is 0.490 e. The van der Waals surface area contributed by atoms with Crippen LogP contribution in [0.15, 0.2) is 23.0 Å². The molecule has 14 heteroatoms. The number of carboxylic acids is 1. The number of hydrogen-bond donors (Lipinski definition) is 2. The van der Waals surface area contributed by atoms with E-state index in [1.165, 1.54) is 6.33 Å². The lowest BCUT2D eigenvalue weighted by Crippen LogP contribution is -2.37. The van der Waals surface area contributed by atoms with Gasteiger partial charge in [-0.2, -0.15) is 13.2 Å². The van der Waals surface area contributed by atoms with Crippen molar-refractivity contribution in [2.75, 3.05) is 25.1 Å². The molecule has 0 saturated heterocycles. The molecule has 0 radical (unpaired) electrons. The van der Waals surface area contributed by atoms with Crippen LogP contribution in [0.4, 0.5) is 23.4 Å². The molecule has 0 bridgehead atoms. The SMILES string of the molecule is Cc1oc2ncnc(NC3(C)CC3)c2c1C(=O)N1CCc2c(OCCF)ccnc2C1.O=C(O)C(F)(F)F. The number of carbonyl (C=O) groups excluding carboxylic acids is 1. The number of pyridine rings is 1. The van der Waals surface area contributed by atoms with Crippen LogP contribution in [-0.2, 0) is 17.8 Å². The summed E-state index contributed by atoms with van der Waals surface area (Å²) in [5.74, 6) is -1.12. The van der Waals surface area contributed by atoms with Gasteiger partial charge in [-0.25, -0.2) is 19.2 Å². The molecule has 1 saturated carbocycles. The maximum absolute atomic E-state index is 13.6. The first-order valence-corrected chi connectivity index (χ1v) is 11.7. The average molecular weight is 539 g/mol. The van der Waals surface area contributed by atoms with E-state index in [0.29, 0.717) is 53.5 Å². The zero-order valence-corrected chi connectivity index (χ0v) is 20.6. The molecule has 0 atom stereocenters. The van der Waals surface area contributed by atoms with Gasteiger partial charge in [-0.3, -0.25) is 9.78 Å². The molecule has 1 fully saturated rings. The number of aliphatic carboxylic acids is 1. The molecule has 204 valence electrons. The Balaban J connectivity index is 0.000000426. The summed E-state index contributed by atoms with van der Waals surface area (Å²) in [5.41, 5.74) is 2.58. The van der Waals surface area contributed by atoms with Crippen molar-refractivity contribution in [1.29, 1.82) is 0 Å². The summed E-state index contributed by atoms with van der Waals surface area (Å²) < 4.78 is 55.6. The number of aromatic nitrogens is 3. The van der Waals surface area contributed by atoms with Gasteiger partial charge in [0.2, 0.25) is 5.71 Å². The number of furan rings is 1. The van der Waals surface area contributed by atoms with Crippen LogP contribution in [0, 0.1) is 6.92 Å². The number of hydrogen-bond acceptors (Lipinski definition) is 8. The van der Waals surface area contributed by atoms with Crippen LogP contribution in [0.2, 0.25) is 0 Å². The Morgan fingerprint density at radius 3 is 2.61 bits per heavy atom. The maximum Gasteiger partial charge on any atom is 0.490 e. The first-order chi connectivity index (χ1) is 17.9. The summed E-state index contributed by atoms with van der Waals surface area (Å²) in [6, 6.07) is 1.74. The number of carboxylic acid groups (broad SMARTS) is 1. The molecule has 3 aromatic rings. The lowest BCUT2D eigenvalue weighted by molar-refractivity contribution is -0.192. The maximum atomic E-state index is 13.6. The lowest BCUT2D eigenvalue weighted by atomic mass is 10.0. The van der Waals surface area contributed by atoms with Crippen LogP contribution < -0.4 is 10.1 Å². The standard InChI is InChI=1S/C22H24FN5O3.C2HF3O2/c1-13-17(18-19(27-22(2)5-6-22)25-12-26-20(18)31-13)21(29)28-9-4-14-15(11-28)24-8-3-16(14)30-10-7-23;3-2(4,5)1(6)7/h3,8,12H,4-7,9-11H2,1-2H3,(H,25,26,27);(H,6,7). The van der Waals surface area contributed by atoms with Crippen molar-refractivity contribution in [2.45, 2.75) is 51.4 Å². The highest BCUT2D eigenvalue weighted by molar-refractivity contribution is 6.10. The Hall–Kier alpha value is -3.97. The van der Waals surface area contributed by atoms with E-state index in [-0.39, 0.29) is 18.1 Å². The van der Waals surface area contributed by atoms with Gasteiger partial charge in [-0.05, 0) is 39.2 Å². The molecule has 0 unspecified atom stereocenters. The van der Waals surface area contributed by atoms with E-state index in [4.69, 9.17) is 19.1 Å². The van der Waals surface area contributed by atoms with Crippen molar-refractivity contribution in [3.63, 3.8) is 0 Å². The number of rotatable bonds is 6. The number of alkyl halides is 4. The average Bonchev–Trinajstić information content (AvgIpc) is 3.49. The van der Waals surface area contributed by atoms with E-state index in [1.54, 1.807) is 24.1 Å². The van der Waals surface area contributed by atoms with Gasteiger partial charge < -0.3 is 24.5 Å². The molecule has 10 nitrogen and oxygen atoms in total. The van der Waals surface area contributed by atoms with Gasteiger partial charge >= 0.3 is 12.1 Å². The first kappa shape index (κ1) is 27.1. The van der Waals surface area contributed by atoms with Crippen molar-refractivity contribution < 1.29 is 41.4 Å². The number of halogens is 4. The number of anilines is 1. The highest BCUT2D eigenvalue weighted by atomic mass is 19.4. The van der Waals surface area contributed by atoms with Crippen LogP contribution in [0.3, 0.4) is 0 Å². The van der Waals surface area contributed by atoms with E-state index >= 15 is 0 Å². The number of aryl methyl sites for hydroxylation is 1. The van der Waals surface area contributed by atoms with Crippen molar-refractivity contribution in [1.82, 2.24) is 19.9 Å². The fraction of sp³-hybridized carbons (Fsp3) is 0.458. The minimum Gasteiger partial charge on any atom is -0.490 e. The topological polar surface area (TPSA) is 131 Å². The number of nitrogens with one attached hydrogen (secondary N) is 1. The lowest BCUT2D eigenvalue weighted by Gasteiger charge is -2.29. The molecule has 5 rings (SSSR count). The third kappa shape index (κ3) is 5.78. The fourth-order valence-electron chi connectivity index (χ4n) is 4.04. The van der Waals surface area contributed by atoms with E-state index in [0.717, 1.165) is 24.1 Å². The first-order valence-electron chi connectivity index (χ1n) is 11.7. The highest BCUT2D eigenvalue weighted by Gasteiger charge is 2.39. The molecule has 3 aromatic heterocycles. The van der Waals surface area contributed by atoms with Crippen LogP contribution in [0.5, 0.6) is 5.75 Å². The third-order valence-corrected chi connectivity index (χ3v) is 6.24. The van der Waals surface area contributed by atoms with Gasteiger partial charge in [-0.15, -0.1) is 0 Å². The molecule has 2 aliphatic rings. The Labute approximate surface area is 214 Å². The van der Waals surface area contributed by atoms with Gasteiger partial charge in [-0.1, -0.05) is 0 Å². The molecule has 1 aliphatic carbocycles. The predicted octanol–water partition coefficient (Wildman–Crippen LogP) is 4.07. The number of amides is 1. The zero-order chi connectivity index (χ0) is 27.7. The molecular formula is C24H25F4N5O5. The zero-order valence-electron chi connectivity index (χ0n) is 20.6. The van der Waals surface area contributed by atoms with E-state index in [9.17, 15) is 22.4 Å². The van der Waals surface area contributed by atoms with Gasteiger partial charge in [0.1, 0.15) is 36.9 Å². The minimum atomic E-state index is -5.08. The van der Waals surface area contributed by atoms with Crippen molar-refractivity contribution in [2.24, 2.45) is 0 Å². The Morgan fingerprint density at radius 2 is 1.97 bits per heavy atom. The number of carbonyl (C=O) groups is 2. The largest absolute Gasteiger partial charge is 0.490 e. The summed E-state index contributed by atoms with van der Waals surface area (Å²) in [5, 5.41) is 11.2. The molecule has 0 spiro atoms. The van der Waals surface area contributed by atoms with E-state index in [2.05, 4.69) is 27.2 Å². The third-order valence-electron chi connectivity index (χ3n) is 6.24.